The molecule has 0 aliphatic heterocycles. The predicted molar refractivity (Wildman–Crippen MR) is 40.4 cm³/mol. The molecular formula is C9H10O. The Hall–Kier alpha value is -1.03. The fourth-order valence-corrected chi connectivity index (χ4v) is 1.19. The van der Waals surface area contributed by atoms with Gasteiger partial charge in [0.2, 0.25) is 0 Å². The lowest BCUT2D eigenvalue weighted by Gasteiger charge is -1.93. The van der Waals surface area contributed by atoms with Crippen LogP contribution in [0.5, 0.6) is 0 Å². The van der Waals surface area contributed by atoms with Crippen LogP contribution in [0.25, 0.3) is 0 Å². The number of hydrogen-bond donors (Lipinski definition) is 0. The van der Waals surface area contributed by atoms with Gasteiger partial charge in [0.1, 0.15) is 0 Å². The summed E-state index contributed by atoms with van der Waals surface area (Å²) in [5.74, 6) is 2.74. The molecule has 0 aromatic rings. The van der Waals surface area contributed by atoms with E-state index in [4.69, 9.17) is 6.42 Å². The van der Waals surface area contributed by atoms with Crippen molar-refractivity contribution in [1.82, 2.24) is 0 Å². The largest absolute Gasteiger partial charge is 0.295 e. The van der Waals surface area contributed by atoms with Gasteiger partial charge in [0, 0.05) is 18.4 Å². The molecule has 0 amide bonds. The Labute approximate surface area is 61.1 Å². The van der Waals surface area contributed by atoms with Gasteiger partial charge in [-0.05, 0) is 13.3 Å². The molecule has 0 aromatic carbocycles. The molecule has 10 heavy (non-hydrogen) atoms. The van der Waals surface area contributed by atoms with Crippen LogP contribution in [0.1, 0.15) is 26.2 Å². The first-order valence-electron chi connectivity index (χ1n) is 3.41. The standard InChI is InChI=1S/C9H10O/c1-3-4-8-7(2)5-6-9(8)10/h1H,4-6H2,2H3. The van der Waals surface area contributed by atoms with Crippen LogP contribution in [-0.2, 0) is 4.79 Å². The van der Waals surface area contributed by atoms with Crippen LogP contribution in [0.2, 0.25) is 0 Å². The first kappa shape index (κ1) is 7.08. The number of carbonyl (C=O) groups excluding carboxylic acids is 1. The molecule has 1 nitrogen and oxygen atoms in total. The molecule has 1 aliphatic carbocycles. The van der Waals surface area contributed by atoms with Crippen LogP contribution in [0.4, 0.5) is 0 Å². The number of Topliss-reactive ketones (excluding diaryl/α,β-unsaturated/α-hetero) is 1. The summed E-state index contributed by atoms with van der Waals surface area (Å²) in [6, 6.07) is 0. The molecular weight excluding hydrogens is 124 g/mol. The minimum Gasteiger partial charge on any atom is -0.295 e. The van der Waals surface area contributed by atoms with Gasteiger partial charge in [-0.15, -0.1) is 12.3 Å². The third kappa shape index (κ3) is 1.11. The van der Waals surface area contributed by atoms with E-state index < -0.39 is 0 Å². The summed E-state index contributed by atoms with van der Waals surface area (Å²) >= 11 is 0. The van der Waals surface area contributed by atoms with E-state index in [0.29, 0.717) is 12.8 Å². The Kier molecular flexibility index (Phi) is 1.91. The van der Waals surface area contributed by atoms with Gasteiger partial charge in [0.15, 0.2) is 5.78 Å². The Balaban J connectivity index is 2.80. The van der Waals surface area contributed by atoms with Crippen molar-refractivity contribution in [2.45, 2.75) is 26.2 Å². The van der Waals surface area contributed by atoms with Crippen LogP contribution >= 0.6 is 0 Å². The monoisotopic (exact) mass is 134 g/mol. The van der Waals surface area contributed by atoms with Crippen molar-refractivity contribution in [3.8, 4) is 12.3 Å². The highest BCUT2D eigenvalue weighted by Gasteiger charge is 2.18. The average Bonchev–Trinajstić information content (AvgIpc) is 2.20. The number of ketones is 1. The number of terminal acetylenes is 1. The smallest absolute Gasteiger partial charge is 0.160 e. The molecule has 1 aliphatic rings. The lowest BCUT2D eigenvalue weighted by Crippen LogP contribution is -1.94. The Morgan fingerprint density at radius 3 is 2.70 bits per heavy atom. The first-order valence-corrected chi connectivity index (χ1v) is 3.41. The first-order chi connectivity index (χ1) is 4.75. The average molecular weight is 134 g/mol. The summed E-state index contributed by atoms with van der Waals surface area (Å²) < 4.78 is 0. The van der Waals surface area contributed by atoms with Crippen molar-refractivity contribution >= 4 is 5.78 Å². The zero-order valence-corrected chi connectivity index (χ0v) is 6.11. The Morgan fingerprint density at radius 2 is 2.30 bits per heavy atom. The van der Waals surface area contributed by atoms with Crippen LogP contribution in [0, 0.1) is 12.3 Å². The summed E-state index contributed by atoms with van der Waals surface area (Å²) in [5.41, 5.74) is 2.06. The molecule has 0 radical (unpaired) electrons. The second kappa shape index (κ2) is 2.70. The number of carbonyl (C=O) groups is 1. The quantitative estimate of drug-likeness (QED) is 0.499. The molecule has 0 N–H and O–H groups in total. The molecule has 0 saturated carbocycles. The number of allylic oxidation sites excluding steroid dienone is 2. The summed E-state index contributed by atoms with van der Waals surface area (Å²) in [6.07, 6.45) is 7.20. The maximum Gasteiger partial charge on any atom is 0.160 e. The van der Waals surface area contributed by atoms with Crippen LogP contribution in [-0.4, -0.2) is 5.78 Å². The second-order valence-electron chi connectivity index (χ2n) is 2.56. The van der Waals surface area contributed by atoms with Crippen molar-refractivity contribution < 1.29 is 4.79 Å². The molecule has 52 valence electrons. The minimum atomic E-state index is 0.246. The Bertz CT molecular complexity index is 228. The van der Waals surface area contributed by atoms with Gasteiger partial charge in [-0.2, -0.15) is 0 Å². The van der Waals surface area contributed by atoms with E-state index >= 15 is 0 Å². The van der Waals surface area contributed by atoms with E-state index in [1.54, 1.807) is 0 Å². The maximum atomic E-state index is 11.0. The molecule has 1 heteroatoms. The predicted octanol–water partition coefficient (Wildman–Crippen LogP) is 1.69. The maximum absolute atomic E-state index is 11.0. The highest BCUT2D eigenvalue weighted by molar-refractivity contribution is 5.98. The van der Waals surface area contributed by atoms with Gasteiger partial charge in [-0.3, -0.25) is 4.79 Å². The van der Waals surface area contributed by atoms with E-state index in [9.17, 15) is 4.79 Å². The van der Waals surface area contributed by atoms with E-state index in [1.165, 1.54) is 5.57 Å². The molecule has 0 unspecified atom stereocenters. The highest BCUT2D eigenvalue weighted by atomic mass is 16.1. The van der Waals surface area contributed by atoms with Gasteiger partial charge < -0.3 is 0 Å². The molecule has 0 spiro atoms. The van der Waals surface area contributed by atoms with E-state index in [2.05, 4.69) is 5.92 Å². The van der Waals surface area contributed by atoms with E-state index in [0.717, 1.165) is 12.0 Å². The third-order valence-electron chi connectivity index (χ3n) is 1.86. The molecule has 1 rings (SSSR count). The highest BCUT2D eigenvalue weighted by Crippen LogP contribution is 2.23. The summed E-state index contributed by atoms with van der Waals surface area (Å²) in [5, 5.41) is 0. The van der Waals surface area contributed by atoms with Crippen molar-refractivity contribution in [1.29, 1.82) is 0 Å². The van der Waals surface area contributed by atoms with E-state index in [1.807, 2.05) is 6.92 Å². The normalized spacial score (nSPS) is 17.8. The fourth-order valence-electron chi connectivity index (χ4n) is 1.19. The number of hydrogen-bond acceptors (Lipinski definition) is 1. The lowest BCUT2D eigenvalue weighted by molar-refractivity contribution is -0.114. The zero-order valence-electron chi connectivity index (χ0n) is 6.11. The van der Waals surface area contributed by atoms with Gasteiger partial charge in [-0.1, -0.05) is 5.57 Å². The molecule has 0 heterocycles. The van der Waals surface area contributed by atoms with E-state index in [-0.39, 0.29) is 5.78 Å². The van der Waals surface area contributed by atoms with Gasteiger partial charge in [0.25, 0.3) is 0 Å². The summed E-state index contributed by atoms with van der Waals surface area (Å²) in [7, 11) is 0. The minimum absolute atomic E-state index is 0.246. The van der Waals surface area contributed by atoms with Crippen LogP contribution in [0.15, 0.2) is 11.1 Å². The summed E-state index contributed by atoms with van der Waals surface area (Å²) in [6.45, 7) is 1.98. The van der Waals surface area contributed by atoms with Crippen molar-refractivity contribution in [2.75, 3.05) is 0 Å². The molecule has 0 fully saturated rings. The molecule has 0 saturated heterocycles. The fraction of sp³-hybridized carbons (Fsp3) is 0.444. The van der Waals surface area contributed by atoms with Gasteiger partial charge >= 0.3 is 0 Å². The van der Waals surface area contributed by atoms with Gasteiger partial charge in [0.05, 0.1) is 0 Å². The van der Waals surface area contributed by atoms with Crippen LogP contribution < -0.4 is 0 Å². The zero-order chi connectivity index (χ0) is 7.56. The topological polar surface area (TPSA) is 17.1 Å². The molecule has 0 bridgehead atoms. The van der Waals surface area contributed by atoms with Gasteiger partial charge in [-0.25, -0.2) is 0 Å². The molecule has 0 atom stereocenters. The Morgan fingerprint density at radius 1 is 1.60 bits per heavy atom. The molecule has 0 aromatic heterocycles. The lowest BCUT2D eigenvalue weighted by atomic mass is 10.1. The van der Waals surface area contributed by atoms with Crippen molar-refractivity contribution in [2.24, 2.45) is 0 Å². The van der Waals surface area contributed by atoms with Crippen molar-refractivity contribution in [3.05, 3.63) is 11.1 Å². The summed E-state index contributed by atoms with van der Waals surface area (Å²) in [4.78, 5) is 11.0. The second-order valence-corrected chi connectivity index (χ2v) is 2.56. The third-order valence-corrected chi connectivity index (χ3v) is 1.86. The number of rotatable bonds is 1. The van der Waals surface area contributed by atoms with Crippen molar-refractivity contribution in [3.63, 3.8) is 0 Å². The SMILES string of the molecule is C#CCC1=C(C)CCC1=O. The van der Waals surface area contributed by atoms with Crippen LogP contribution in [0.3, 0.4) is 0 Å².